The molecule has 2 rings (SSSR count). The molecule has 0 unspecified atom stereocenters. The highest BCUT2D eigenvalue weighted by Gasteiger charge is 1.99. The van der Waals surface area contributed by atoms with E-state index < -0.39 is 0 Å². The zero-order valence-corrected chi connectivity index (χ0v) is 14.2. The minimum absolute atomic E-state index is 0.773. The van der Waals surface area contributed by atoms with Crippen molar-refractivity contribution in [2.24, 2.45) is 0 Å². The van der Waals surface area contributed by atoms with Crippen LogP contribution in [0.4, 0.5) is 0 Å². The van der Waals surface area contributed by atoms with Gasteiger partial charge in [0.25, 0.3) is 0 Å². The number of halogens is 1. The molecule has 0 amide bonds. The van der Waals surface area contributed by atoms with E-state index in [2.05, 4.69) is 61.6 Å². The van der Waals surface area contributed by atoms with E-state index in [-0.39, 0.29) is 0 Å². The summed E-state index contributed by atoms with van der Waals surface area (Å²) in [5, 5.41) is 4.21. The third-order valence-corrected chi connectivity index (χ3v) is 4.03. The highest BCUT2D eigenvalue weighted by atomic mass is 35.5. The maximum Gasteiger partial charge on any atom is 0.0406 e. The minimum Gasteiger partial charge on any atom is -0.313 e. The van der Waals surface area contributed by atoms with Crippen molar-refractivity contribution in [3.63, 3.8) is 0 Å². The van der Waals surface area contributed by atoms with Crippen LogP contribution in [0.2, 0.25) is 5.02 Å². The Morgan fingerprint density at radius 3 is 2.18 bits per heavy atom. The Bertz CT molecular complexity index is 597. The SMILES string of the molecule is CCCCNC/C=C(/C)c1ccc(-c2ccc(Cl)cc2)cc1. The predicted octanol–water partition coefficient (Wildman–Crippen LogP) is 5.80. The van der Waals surface area contributed by atoms with Gasteiger partial charge >= 0.3 is 0 Å². The first-order valence-corrected chi connectivity index (χ1v) is 8.32. The monoisotopic (exact) mass is 313 g/mol. The van der Waals surface area contributed by atoms with Gasteiger partial charge in [-0.25, -0.2) is 0 Å². The number of benzene rings is 2. The largest absolute Gasteiger partial charge is 0.313 e. The molecule has 0 aliphatic rings. The molecule has 0 spiro atoms. The lowest BCUT2D eigenvalue weighted by molar-refractivity contribution is 0.681. The molecule has 22 heavy (non-hydrogen) atoms. The van der Waals surface area contributed by atoms with Crippen molar-refractivity contribution >= 4 is 17.2 Å². The Labute approximate surface area is 139 Å². The molecule has 0 saturated heterocycles. The van der Waals surface area contributed by atoms with Gasteiger partial charge in [-0.05, 0) is 54.3 Å². The van der Waals surface area contributed by atoms with E-state index in [1.54, 1.807) is 0 Å². The lowest BCUT2D eigenvalue weighted by Crippen LogP contribution is -2.14. The highest BCUT2D eigenvalue weighted by molar-refractivity contribution is 6.30. The first-order chi connectivity index (χ1) is 10.7. The van der Waals surface area contributed by atoms with Gasteiger partial charge in [0.15, 0.2) is 0 Å². The van der Waals surface area contributed by atoms with Gasteiger partial charge in [0.2, 0.25) is 0 Å². The molecule has 0 aliphatic heterocycles. The first kappa shape index (κ1) is 16.8. The van der Waals surface area contributed by atoms with E-state index in [1.165, 1.54) is 35.1 Å². The quantitative estimate of drug-likeness (QED) is 0.637. The molecule has 1 N–H and O–H groups in total. The number of hydrogen-bond donors (Lipinski definition) is 1. The third kappa shape index (κ3) is 5.01. The fraction of sp³-hybridized carbons (Fsp3) is 0.300. The van der Waals surface area contributed by atoms with E-state index in [1.807, 2.05) is 12.1 Å². The van der Waals surface area contributed by atoms with Gasteiger partial charge in [-0.2, -0.15) is 0 Å². The van der Waals surface area contributed by atoms with Gasteiger partial charge in [-0.15, -0.1) is 0 Å². The van der Waals surface area contributed by atoms with Crippen LogP contribution < -0.4 is 5.32 Å². The van der Waals surface area contributed by atoms with Crippen LogP contribution in [0.15, 0.2) is 54.6 Å². The highest BCUT2D eigenvalue weighted by Crippen LogP contribution is 2.23. The lowest BCUT2D eigenvalue weighted by atomic mass is 10.0. The number of allylic oxidation sites excluding steroid dienone is 1. The van der Waals surface area contributed by atoms with Gasteiger partial charge in [0.1, 0.15) is 0 Å². The smallest absolute Gasteiger partial charge is 0.0406 e. The molecule has 0 radical (unpaired) electrons. The Morgan fingerprint density at radius 2 is 1.59 bits per heavy atom. The second kappa shape index (κ2) is 8.77. The van der Waals surface area contributed by atoms with Crippen LogP contribution in [0.25, 0.3) is 16.7 Å². The van der Waals surface area contributed by atoms with Crippen molar-refractivity contribution in [3.05, 3.63) is 65.2 Å². The Kier molecular flexibility index (Phi) is 6.70. The van der Waals surface area contributed by atoms with Gasteiger partial charge in [-0.3, -0.25) is 0 Å². The molecule has 1 nitrogen and oxygen atoms in total. The molecule has 0 bridgehead atoms. The average Bonchev–Trinajstić information content (AvgIpc) is 2.55. The summed E-state index contributed by atoms with van der Waals surface area (Å²) in [6.07, 6.45) is 4.73. The van der Waals surface area contributed by atoms with E-state index in [9.17, 15) is 0 Å². The molecular formula is C20H24ClN. The molecular weight excluding hydrogens is 290 g/mol. The third-order valence-electron chi connectivity index (χ3n) is 3.78. The summed E-state index contributed by atoms with van der Waals surface area (Å²) in [6, 6.07) is 16.7. The predicted molar refractivity (Wildman–Crippen MR) is 98.3 cm³/mol. The maximum atomic E-state index is 5.93. The molecule has 2 heteroatoms. The van der Waals surface area contributed by atoms with E-state index >= 15 is 0 Å². The summed E-state index contributed by atoms with van der Waals surface area (Å²) in [5.41, 5.74) is 5.00. The van der Waals surface area contributed by atoms with Crippen LogP contribution in [0.5, 0.6) is 0 Å². The normalized spacial score (nSPS) is 11.7. The van der Waals surface area contributed by atoms with Crippen LogP contribution in [0.1, 0.15) is 32.3 Å². The molecule has 2 aromatic carbocycles. The summed E-state index contributed by atoms with van der Waals surface area (Å²) < 4.78 is 0. The van der Waals surface area contributed by atoms with Crippen LogP contribution >= 0.6 is 11.6 Å². The van der Waals surface area contributed by atoms with Gasteiger partial charge < -0.3 is 5.32 Å². The van der Waals surface area contributed by atoms with Crippen LogP contribution in [0.3, 0.4) is 0 Å². The number of nitrogens with one attached hydrogen (secondary N) is 1. The molecule has 0 aromatic heterocycles. The second-order valence-electron chi connectivity index (χ2n) is 5.53. The Balaban J connectivity index is 1.98. The zero-order chi connectivity index (χ0) is 15.8. The Hall–Kier alpha value is -1.57. The summed E-state index contributed by atoms with van der Waals surface area (Å²) in [5.74, 6) is 0. The molecule has 116 valence electrons. The van der Waals surface area contributed by atoms with Crippen molar-refractivity contribution in [2.45, 2.75) is 26.7 Å². The van der Waals surface area contributed by atoms with E-state index in [0.717, 1.165) is 18.1 Å². The molecule has 0 fully saturated rings. The van der Waals surface area contributed by atoms with E-state index in [0.29, 0.717) is 0 Å². The summed E-state index contributed by atoms with van der Waals surface area (Å²) >= 11 is 5.93. The summed E-state index contributed by atoms with van der Waals surface area (Å²) in [6.45, 7) is 6.41. The topological polar surface area (TPSA) is 12.0 Å². The fourth-order valence-corrected chi connectivity index (χ4v) is 2.44. The molecule has 0 saturated carbocycles. The van der Waals surface area contributed by atoms with Crippen molar-refractivity contribution in [1.82, 2.24) is 5.32 Å². The van der Waals surface area contributed by atoms with E-state index in [4.69, 9.17) is 11.6 Å². The van der Waals surface area contributed by atoms with Crippen molar-refractivity contribution in [3.8, 4) is 11.1 Å². The van der Waals surface area contributed by atoms with Crippen molar-refractivity contribution in [1.29, 1.82) is 0 Å². The second-order valence-corrected chi connectivity index (χ2v) is 5.97. The maximum absolute atomic E-state index is 5.93. The number of unbranched alkanes of at least 4 members (excludes halogenated alkanes) is 1. The summed E-state index contributed by atoms with van der Waals surface area (Å²) in [7, 11) is 0. The molecule has 0 heterocycles. The molecule has 0 aliphatic carbocycles. The zero-order valence-electron chi connectivity index (χ0n) is 13.4. The van der Waals surface area contributed by atoms with Gasteiger partial charge in [0.05, 0.1) is 0 Å². The standard InChI is InChI=1S/C20H24ClN/c1-3-4-14-22-15-13-16(2)17-5-7-18(8-6-17)19-9-11-20(21)12-10-19/h5-13,22H,3-4,14-15H2,1-2H3/b16-13-. The first-order valence-electron chi connectivity index (χ1n) is 7.94. The van der Waals surface area contributed by atoms with Crippen molar-refractivity contribution < 1.29 is 0 Å². The van der Waals surface area contributed by atoms with Crippen molar-refractivity contribution in [2.75, 3.05) is 13.1 Å². The molecule has 0 atom stereocenters. The van der Waals surface area contributed by atoms with Crippen LogP contribution in [0, 0.1) is 0 Å². The van der Waals surface area contributed by atoms with Gasteiger partial charge in [-0.1, -0.05) is 67.4 Å². The van der Waals surface area contributed by atoms with Crippen LogP contribution in [-0.2, 0) is 0 Å². The number of rotatable bonds is 7. The van der Waals surface area contributed by atoms with Gasteiger partial charge in [0, 0.05) is 11.6 Å². The summed E-state index contributed by atoms with van der Waals surface area (Å²) in [4.78, 5) is 0. The average molecular weight is 314 g/mol. The fourth-order valence-electron chi connectivity index (χ4n) is 2.31. The van der Waals surface area contributed by atoms with Crippen LogP contribution in [-0.4, -0.2) is 13.1 Å². The lowest BCUT2D eigenvalue weighted by Gasteiger charge is -2.06. The Morgan fingerprint density at radius 1 is 1.00 bits per heavy atom. The molecule has 2 aromatic rings. The minimum atomic E-state index is 0.773. The number of hydrogen-bond acceptors (Lipinski definition) is 1.